The number of hydrogen-bond acceptors (Lipinski definition) is 4. The molecule has 5 aromatic carbocycles. The zero-order valence-corrected chi connectivity index (χ0v) is 26.1. The second kappa shape index (κ2) is 15.0. The van der Waals surface area contributed by atoms with Gasteiger partial charge < -0.3 is 16.0 Å². The van der Waals surface area contributed by atoms with Crippen LogP contribution >= 0.6 is 11.8 Å². The molecule has 3 amide bonds. The highest BCUT2D eigenvalue weighted by atomic mass is 32.2. The van der Waals surface area contributed by atoms with E-state index in [-0.39, 0.29) is 17.2 Å². The molecule has 0 aromatic heterocycles. The standard InChI is InChI=1S/C38H32FN3O3S/c1-25-17-18-26(2)33(23-25)41-38(45)35(27-11-5-3-6-12-27)46-31-21-19-30(20-22-31)40-37(44)34(24-29-15-9-10-16-32(29)39)42-36(43)28-13-7-4-8-14-28/h3-24,35H,1-2H3,(H,40,44)(H,41,45)(H,42,43)/b34-24-. The van der Waals surface area contributed by atoms with Gasteiger partial charge >= 0.3 is 0 Å². The van der Waals surface area contributed by atoms with E-state index >= 15 is 0 Å². The molecular weight excluding hydrogens is 598 g/mol. The number of carbonyl (C=O) groups is 3. The Kier molecular flexibility index (Phi) is 10.4. The smallest absolute Gasteiger partial charge is 0.272 e. The largest absolute Gasteiger partial charge is 0.325 e. The lowest BCUT2D eigenvalue weighted by Gasteiger charge is -2.18. The number of benzene rings is 5. The van der Waals surface area contributed by atoms with Gasteiger partial charge in [-0.15, -0.1) is 11.8 Å². The first kappa shape index (κ1) is 31.9. The summed E-state index contributed by atoms with van der Waals surface area (Å²) in [6.07, 6.45) is 1.30. The van der Waals surface area contributed by atoms with Gasteiger partial charge in [0.25, 0.3) is 11.8 Å². The summed E-state index contributed by atoms with van der Waals surface area (Å²) in [6, 6.07) is 37.0. The van der Waals surface area contributed by atoms with Crippen molar-refractivity contribution in [1.29, 1.82) is 0 Å². The summed E-state index contributed by atoms with van der Waals surface area (Å²) in [5, 5.41) is 7.95. The molecule has 0 aliphatic rings. The quantitative estimate of drug-likeness (QED) is 0.107. The molecule has 1 atom stereocenters. The van der Waals surface area contributed by atoms with Gasteiger partial charge in [-0.2, -0.15) is 0 Å². The maximum atomic E-state index is 14.5. The fraction of sp³-hybridized carbons (Fsp3) is 0.0789. The zero-order chi connectivity index (χ0) is 32.5. The van der Waals surface area contributed by atoms with Crippen molar-refractivity contribution in [3.05, 3.63) is 167 Å². The van der Waals surface area contributed by atoms with Crippen LogP contribution in [0.2, 0.25) is 0 Å². The van der Waals surface area contributed by atoms with Crippen LogP contribution < -0.4 is 16.0 Å². The summed E-state index contributed by atoms with van der Waals surface area (Å²) < 4.78 is 14.5. The lowest BCUT2D eigenvalue weighted by molar-refractivity contribution is -0.116. The molecule has 46 heavy (non-hydrogen) atoms. The molecule has 0 bridgehead atoms. The van der Waals surface area contributed by atoms with Gasteiger partial charge in [0.2, 0.25) is 5.91 Å². The van der Waals surface area contributed by atoms with Crippen molar-refractivity contribution in [3.8, 4) is 0 Å². The molecule has 5 aromatic rings. The van der Waals surface area contributed by atoms with Crippen molar-refractivity contribution in [3.63, 3.8) is 0 Å². The van der Waals surface area contributed by atoms with Gasteiger partial charge in [-0.1, -0.05) is 78.9 Å². The molecule has 230 valence electrons. The van der Waals surface area contributed by atoms with E-state index in [1.165, 1.54) is 30.0 Å². The minimum absolute atomic E-state index is 0.121. The summed E-state index contributed by atoms with van der Waals surface area (Å²) in [7, 11) is 0. The van der Waals surface area contributed by atoms with E-state index < -0.39 is 22.9 Å². The van der Waals surface area contributed by atoms with E-state index in [4.69, 9.17) is 0 Å². The third-order valence-electron chi connectivity index (χ3n) is 7.09. The maximum absolute atomic E-state index is 14.5. The van der Waals surface area contributed by atoms with Gasteiger partial charge in [0, 0.05) is 27.4 Å². The van der Waals surface area contributed by atoms with Gasteiger partial charge in [0.15, 0.2) is 0 Å². The van der Waals surface area contributed by atoms with Crippen LogP contribution in [0.5, 0.6) is 0 Å². The number of amides is 3. The SMILES string of the molecule is Cc1ccc(C)c(NC(=O)C(Sc2ccc(NC(=O)/C(=C/c3ccccc3F)NC(=O)c3ccccc3)cc2)c2ccccc2)c1. The third kappa shape index (κ3) is 8.37. The van der Waals surface area contributed by atoms with Gasteiger partial charge in [-0.3, -0.25) is 14.4 Å². The summed E-state index contributed by atoms with van der Waals surface area (Å²) in [6.45, 7) is 3.94. The number of halogens is 1. The summed E-state index contributed by atoms with van der Waals surface area (Å²) >= 11 is 1.39. The molecule has 0 radical (unpaired) electrons. The van der Waals surface area contributed by atoms with Crippen molar-refractivity contribution in [2.24, 2.45) is 0 Å². The van der Waals surface area contributed by atoms with E-state index in [1.807, 2.05) is 74.5 Å². The molecule has 6 nitrogen and oxygen atoms in total. The number of carbonyl (C=O) groups excluding carboxylic acids is 3. The van der Waals surface area contributed by atoms with Crippen LogP contribution in [0.1, 0.15) is 37.9 Å². The van der Waals surface area contributed by atoms with Gasteiger partial charge in [0.1, 0.15) is 16.8 Å². The van der Waals surface area contributed by atoms with Crippen LogP contribution in [0.15, 0.2) is 138 Å². The first-order valence-corrected chi connectivity index (χ1v) is 15.5. The summed E-state index contributed by atoms with van der Waals surface area (Å²) in [5.41, 5.74) is 4.48. The van der Waals surface area contributed by atoms with Crippen molar-refractivity contribution >= 4 is 46.9 Å². The average Bonchev–Trinajstić information content (AvgIpc) is 3.07. The van der Waals surface area contributed by atoms with E-state index in [0.29, 0.717) is 11.3 Å². The van der Waals surface area contributed by atoms with Crippen LogP contribution in [0, 0.1) is 19.7 Å². The normalized spacial score (nSPS) is 11.8. The molecule has 8 heteroatoms. The molecule has 3 N–H and O–H groups in total. The Balaban J connectivity index is 1.34. The van der Waals surface area contributed by atoms with Crippen LogP contribution in [0.3, 0.4) is 0 Å². The van der Waals surface area contributed by atoms with E-state index in [9.17, 15) is 18.8 Å². The Bertz CT molecular complexity index is 1880. The first-order valence-electron chi connectivity index (χ1n) is 14.6. The fourth-order valence-corrected chi connectivity index (χ4v) is 5.64. The zero-order valence-electron chi connectivity index (χ0n) is 25.3. The number of aryl methyl sites for hydroxylation is 2. The van der Waals surface area contributed by atoms with E-state index in [0.717, 1.165) is 27.3 Å². The van der Waals surface area contributed by atoms with Gasteiger partial charge in [-0.25, -0.2) is 4.39 Å². The lowest BCUT2D eigenvalue weighted by Crippen LogP contribution is -2.30. The van der Waals surface area contributed by atoms with Crippen LogP contribution in [0.25, 0.3) is 6.08 Å². The third-order valence-corrected chi connectivity index (χ3v) is 8.36. The molecule has 1 unspecified atom stereocenters. The van der Waals surface area contributed by atoms with E-state index in [2.05, 4.69) is 16.0 Å². The molecule has 0 aliphatic carbocycles. The van der Waals surface area contributed by atoms with Gasteiger partial charge in [-0.05, 0) is 85.1 Å². The summed E-state index contributed by atoms with van der Waals surface area (Å²) in [5.74, 6) is -1.81. The van der Waals surface area contributed by atoms with Gasteiger partial charge in [0.05, 0.1) is 0 Å². The predicted octanol–water partition coefficient (Wildman–Crippen LogP) is 8.32. The van der Waals surface area contributed by atoms with Crippen molar-refractivity contribution in [1.82, 2.24) is 5.32 Å². The Morgan fingerprint density at radius 2 is 1.39 bits per heavy atom. The van der Waals surface area contributed by atoms with Crippen molar-refractivity contribution in [2.75, 3.05) is 10.6 Å². The second-order valence-electron chi connectivity index (χ2n) is 10.6. The molecule has 0 spiro atoms. The number of nitrogens with one attached hydrogen (secondary N) is 3. The molecule has 0 saturated carbocycles. The Hall–Kier alpha value is -5.47. The lowest BCUT2D eigenvalue weighted by atomic mass is 10.1. The number of thioether (sulfide) groups is 1. The highest BCUT2D eigenvalue weighted by Gasteiger charge is 2.23. The highest BCUT2D eigenvalue weighted by Crippen LogP contribution is 2.37. The first-order chi connectivity index (χ1) is 22.3. The molecule has 0 heterocycles. The van der Waals surface area contributed by atoms with E-state index in [1.54, 1.807) is 54.6 Å². The summed E-state index contributed by atoms with van der Waals surface area (Å²) in [4.78, 5) is 40.7. The minimum atomic E-state index is -0.622. The second-order valence-corrected chi connectivity index (χ2v) is 11.8. The van der Waals surface area contributed by atoms with Crippen LogP contribution in [-0.2, 0) is 9.59 Å². The average molecular weight is 630 g/mol. The topological polar surface area (TPSA) is 87.3 Å². The number of anilines is 2. The number of rotatable bonds is 10. The Labute approximate surface area is 271 Å². The molecule has 0 saturated heterocycles. The maximum Gasteiger partial charge on any atom is 0.272 e. The fourth-order valence-electron chi connectivity index (χ4n) is 4.61. The Morgan fingerprint density at radius 3 is 2.09 bits per heavy atom. The minimum Gasteiger partial charge on any atom is -0.325 e. The number of hydrogen-bond donors (Lipinski definition) is 3. The molecule has 5 rings (SSSR count). The predicted molar refractivity (Wildman–Crippen MR) is 183 cm³/mol. The molecule has 0 aliphatic heterocycles. The van der Waals surface area contributed by atoms with Crippen molar-refractivity contribution < 1.29 is 18.8 Å². The van der Waals surface area contributed by atoms with Crippen molar-refractivity contribution in [2.45, 2.75) is 24.0 Å². The Morgan fingerprint density at radius 1 is 0.739 bits per heavy atom. The van der Waals surface area contributed by atoms with Crippen LogP contribution in [-0.4, -0.2) is 17.7 Å². The molecular formula is C38H32FN3O3S. The monoisotopic (exact) mass is 629 g/mol. The molecule has 0 fully saturated rings. The van der Waals surface area contributed by atoms with Crippen LogP contribution in [0.4, 0.5) is 15.8 Å². The highest BCUT2D eigenvalue weighted by molar-refractivity contribution is 8.00.